The Morgan fingerprint density at radius 2 is 2.05 bits per heavy atom. The molecule has 9 nitrogen and oxygen atoms in total. The van der Waals surface area contributed by atoms with Crippen LogP contribution in [0.15, 0.2) is 18.5 Å². The first-order chi connectivity index (χ1) is 22.4. The highest BCUT2D eigenvalue weighted by atomic mass is 19.1. The number of rotatable bonds is 6. The zero-order valence-corrected chi connectivity index (χ0v) is 25.0. The van der Waals surface area contributed by atoms with E-state index in [2.05, 4.69) is 32.0 Å². The number of piperidine rings is 1. The van der Waals surface area contributed by atoms with E-state index < -0.39 is 30.0 Å². The lowest BCUT2D eigenvalue weighted by atomic mass is 9.91. The van der Waals surface area contributed by atoms with Crippen LogP contribution in [0.4, 0.5) is 14.6 Å². The van der Waals surface area contributed by atoms with Gasteiger partial charge in [-0.2, -0.15) is 15.1 Å². The molecule has 3 saturated heterocycles. The van der Waals surface area contributed by atoms with Gasteiger partial charge in [-0.15, -0.1) is 0 Å². The Morgan fingerprint density at radius 1 is 1.20 bits per heavy atom. The number of alkyl halides is 1. The smallest absolute Gasteiger partial charge is 0.319 e. The molecule has 44 heavy (non-hydrogen) atoms. The zero-order valence-electron chi connectivity index (χ0n) is 28.0. The van der Waals surface area contributed by atoms with Gasteiger partial charge >= 0.3 is 6.01 Å². The van der Waals surface area contributed by atoms with Crippen molar-refractivity contribution in [2.45, 2.75) is 82.5 Å². The average molecular weight is 607 g/mol. The molecule has 3 aromatic heterocycles. The van der Waals surface area contributed by atoms with Gasteiger partial charge in [0.2, 0.25) is 0 Å². The fraction of sp³-hybridized carbons (Fsp3) is 0.576. The topological polar surface area (TPSA) is 103 Å². The molecule has 5 atom stereocenters. The summed E-state index contributed by atoms with van der Waals surface area (Å²) in [6, 6.07) is 1.96. The SMILES string of the molecule is [2H]C([2H])([2H])[C@@]1(O)CCCN(c2nc(OC[C@@]34CCCN3C[C@H](F)C4)nc3c(F)c(-c4c([C@H]5C[C@H]5C)c(C)cc5[nH]ncc45)ncc23)C1. The molecule has 1 aromatic carbocycles. The number of aromatic amines is 1. The first-order valence-electron chi connectivity index (χ1n) is 17.2. The average Bonchev–Trinajstić information content (AvgIpc) is 3.30. The Balaban J connectivity index is 1.28. The maximum absolute atomic E-state index is 17.1. The summed E-state index contributed by atoms with van der Waals surface area (Å²) >= 11 is 0. The van der Waals surface area contributed by atoms with Gasteiger partial charge in [0.1, 0.15) is 29.8 Å². The number of anilines is 1. The molecular formula is C33H39F2N7O2. The van der Waals surface area contributed by atoms with E-state index in [-0.39, 0.29) is 53.9 Å². The lowest BCUT2D eigenvalue weighted by Crippen LogP contribution is -2.46. The monoisotopic (exact) mass is 606 g/mol. The van der Waals surface area contributed by atoms with E-state index in [0.717, 1.165) is 47.8 Å². The van der Waals surface area contributed by atoms with Gasteiger partial charge in [-0.1, -0.05) is 6.92 Å². The predicted molar refractivity (Wildman–Crippen MR) is 164 cm³/mol. The van der Waals surface area contributed by atoms with Crippen LogP contribution >= 0.6 is 0 Å². The maximum atomic E-state index is 17.1. The molecule has 2 N–H and O–H groups in total. The molecule has 1 saturated carbocycles. The van der Waals surface area contributed by atoms with Crippen molar-refractivity contribution in [3.63, 3.8) is 0 Å². The standard InChI is InChI=1S/C33H39F2N7O2/c1-18-10-21(18)25-19(2)11-24-22(14-37-40-24)26(25)29-27(35)28-23(13-36-29)30(41-8-4-6-32(3,43)16-41)39-31(38-28)44-17-33-7-5-9-42(33)15-20(34)12-33/h11,13-14,18,20-21,43H,4-10,12,15-17H2,1-3H3,(H,37,40)/t18-,20-,21+,32-,33+/m1/s1/i3D3. The lowest BCUT2D eigenvalue weighted by Gasteiger charge is -2.38. The number of H-pyrrole nitrogens is 1. The van der Waals surface area contributed by atoms with Gasteiger partial charge in [0.15, 0.2) is 5.82 Å². The van der Waals surface area contributed by atoms with E-state index in [4.69, 9.17) is 13.8 Å². The van der Waals surface area contributed by atoms with Crippen LogP contribution in [0.25, 0.3) is 33.1 Å². The first kappa shape index (κ1) is 24.8. The Labute approximate surface area is 259 Å². The Bertz CT molecular complexity index is 1890. The minimum Gasteiger partial charge on any atom is -0.461 e. The highest BCUT2D eigenvalue weighted by Gasteiger charge is 2.49. The second-order valence-electron chi connectivity index (χ2n) is 13.6. The van der Waals surface area contributed by atoms with Crippen LogP contribution in [0, 0.1) is 18.7 Å². The number of benzene rings is 1. The molecule has 4 aromatic rings. The van der Waals surface area contributed by atoms with Crippen molar-refractivity contribution >= 4 is 27.6 Å². The summed E-state index contributed by atoms with van der Waals surface area (Å²) in [5, 5.41) is 19.5. The largest absolute Gasteiger partial charge is 0.461 e. The molecule has 8 rings (SSSR count). The molecule has 0 radical (unpaired) electrons. The summed E-state index contributed by atoms with van der Waals surface area (Å²) < 4.78 is 61.9. The third-order valence-electron chi connectivity index (χ3n) is 10.4. The molecule has 232 valence electrons. The van der Waals surface area contributed by atoms with Crippen molar-refractivity contribution in [2.75, 3.05) is 37.7 Å². The Morgan fingerprint density at radius 3 is 2.86 bits per heavy atom. The number of nitrogens with one attached hydrogen (secondary N) is 1. The molecule has 0 unspecified atom stereocenters. The van der Waals surface area contributed by atoms with Gasteiger partial charge in [0.25, 0.3) is 0 Å². The van der Waals surface area contributed by atoms with Crippen LogP contribution in [-0.4, -0.2) is 85.3 Å². The number of fused-ring (bicyclic) bond motifs is 3. The van der Waals surface area contributed by atoms with E-state index in [1.165, 1.54) is 6.20 Å². The van der Waals surface area contributed by atoms with E-state index in [9.17, 15) is 9.50 Å². The Kier molecular flexibility index (Phi) is 5.66. The number of nitrogens with zero attached hydrogens (tertiary/aromatic N) is 6. The van der Waals surface area contributed by atoms with Crippen LogP contribution in [0.3, 0.4) is 0 Å². The minimum atomic E-state index is -2.63. The van der Waals surface area contributed by atoms with Crippen LogP contribution in [0.2, 0.25) is 0 Å². The van der Waals surface area contributed by atoms with Gasteiger partial charge in [-0.3, -0.25) is 15.0 Å². The molecule has 4 aliphatic rings. The summed E-state index contributed by atoms with van der Waals surface area (Å²) in [6.07, 6.45) is 5.85. The molecule has 6 heterocycles. The number of hydrogen-bond donors (Lipinski definition) is 2. The molecule has 0 amide bonds. The van der Waals surface area contributed by atoms with Crippen LogP contribution < -0.4 is 9.64 Å². The summed E-state index contributed by atoms with van der Waals surface area (Å²) in [6.45, 7) is 3.04. The van der Waals surface area contributed by atoms with Crippen molar-refractivity contribution < 1.29 is 22.7 Å². The van der Waals surface area contributed by atoms with E-state index in [1.54, 1.807) is 11.1 Å². The number of pyridine rings is 1. The zero-order chi connectivity index (χ0) is 32.9. The lowest BCUT2D eigenvalue weighted by molar-refractivity contribution is 0.0447. The van der Waals surface area contributed by atoms with Gasteiger partial charge in [0, 0.05) is 47.3 Å². The summed E-state index contributed by atoms with van der Waals surface area (Å²) in [7, 11) is 0. The molecule has 0 spiro atoms. The number of aryl methyl sites for hydroxylation is 1. The molecule has 4 fully saturated rings. The third kappa shape index (κ3) is 4.53. The number of aromatic nitrogens is 5. The second kappa shape index (κ2) is 10.0. The summed E-state index contributed by atoms with van der Waals surface area (Å²) in [5.41, 5.74) is 1.22. The van der Waals surface area contributed by atoms with Gasteiger partial charge in [-0.25, -0.2) is 8.78 Å². The molecular weight excluding hydrogens is 564 g/mol. The highest BCUT2D eigenvalue weighted by Crippen LogP contribution is 2.53. The normalized spacial score (nSPS) is 31.7. The molecule has 3 aliphatic heterocycles. The van der Waals surface area contributed by atoms with Gasteiger partial charge in [-0.05, 0) is 81.5 Å². The highest BCUT2D eigenvalue weighted by molar-refractivity contribution is 6.00. The number of aliphatic hydroxyl groups is 1. The van der Waals surface area contributed by atoms with E-state index >= 15 is 4.39 Å². The quantitative estimate of drug-likeness (QED) is 0.299. The van der Waals surface area contributed by atoms with Crippen molar-refractivity contribution in [3.8, 4) is 17.3 Å². The van der Waals surface area contributed by atoms with E-state index in [1.807, 2.05) is 13.0 Å². The van der Waals surface area contributed by atoms with Crippen molar-refractivity contribution in [1.82, 2.24) is 30.0 Å². The van der Waals surface area contributed by atoms with Crippen LogP contribution in [-0.2, 0) is 0 Å². The fourth-order valence-electron chi connectivity index (χ4n) is 8.07. The number of β-amino-alcohol motifs (C(OH)–C–C–N with tert-alkyl or cyclic N) is 1. The summed E-state index contributed by atoms with van der Waals surface area (Å²) in [5.74, 6) is 0.326. The minimum absolute atomic E-state index is 0.0125. The molecule has 11 heteroatoms. The number of halogens is 2. The number of hydrogen-bond acceptors (Lipinski definition) is 8. The molecule has 1 aliphatic carbocycles. The number of ether oxygens (including phenoxy) is 1. The van der Waals surface area contributed by atoms with E-state index in [0.29, 0.717) is 37.4 Å². The van der Waals surface area contributed by atoms with Crippen molar-refractivity contribution in [1.29, 1.82) is 0 Å². The predicted octanol–water partition coefficient (Wildman–Crippen LogP) is 5.45. The van der Waals surface area contributed by atoms with Crippen LogP contribution in [0.1, 0.15) is 73.5 Å². The molecule has 0 bridgehead atoms. The van der Waals surface area contributed by atoms with Gasteiger partial charge < -0.3 is 14.7 Å². The third-order valence-corrected chi connectivity index (χ3v) is 10.4. The maximum Gasteiger partial charge on any atom is 0.319 e. The second-order valence-corrected chi connectivity index (χ2v) is 13.6. The van der Waals surface area contributed by atoms with Crippen molar-refractivity contribution in [2.24, 2.45) is 5.92 Å². The fourth-order valence-corrected chi connectivity index (χ4v) is 8.07. The summed E-state index contributed by atoms with van der Waals surface area (Å²) in [4.78, 5) is 17.8. The van der Waals surface area contributed by atoms with Crippen LogP contribution in [0.5, 0.6) is 6.01 Å². The first-order valence-corrected chi connectivity index (χ1v) is 15.7. The van der Waals surface area contributed by atoms with Crippen molar-refractivity contribution in [3.05, 3.63) is 35.4 Å². The Hall–Kier alpha value is -3.44. The van der Waals surface area contributed by atoms with Gasteiger partial charge in [0.05, 0.1) is 28.2 Å².